The fourth-order valence-corrected chi connectivity index (χ4v) is 1.77. The Labute approximate surface area is 94.1 Å². The second kappa shape index (κ2) is 3.93. The molecule has 0 atom stereocenters. The van der Waals surface area contributed by atoms with Crippen molar-refractivity contribution in [1.82, 2.24) is 4.98 Å². The molecule has 1 heterocycles. The lowest BCUT2D eigenvalue weighted by Gasteiger charge is -2.09. The SMILES string of the molecule is COC(=O)c1nc2ccccc2c(C)c1C. The number of carbonyl (C=O) groups is 1. The molecule has 0 saturated heterocycles. The predicted molar refractivity (Wildman–Crippen MR) is 62.6 cm³/mol. The van der Waals surface area contributed by atoms with Crippen molar-refractivity contribution in [3.8, 4) is 0 Å². The zero-order valence-corrected chi connectivity index (χ0v) is 9.57. The summed E-state index contributed by atoms with van der Waals surface area (Å²) in [6.07, 6.45) is 0. The molecule has 0 bridgehead atoms. The summed E-state index contributed by atoms with van der Waals surface area (Å²) in [6.45, 7) is 3.88. The molecule has 0 N–H and O–H groups in total. The molecule has 1 aromatic heterocycles. The number of pyridine rings is 1. The molecule has 82 valence electrons. The highest BCUT2D eigenvalue weighted by atomic mass is 16.5. The average Bonchev–Trinajstić information content (AvgIpc) is 2.33. The van der Waals surface area contributed by atoms with Crippen LogP contribution in [0.5, 0.6) is 0 Å². The van der Waals surface area contributed by atoms with Crippen molar-refractivity contribution in [3.63, 3.8) is 0 Å². The number of aryl methyl sites for hydroxylation is 1. The number of methoxy groups -OCH3 is 1. The Morgan fingerprint density at radius 3 is 2.56 bits per heavy atom. The van der Waals surface area contributed by atoms with Crippen molar-refractivity contribution in [1.29, 1.82) is 0 Å². The van der Waals surface area contributed by atoms with Crippen LogP contribution in [0.15, 0.2) is 24.3 Å². The van der Waals surface area contributed by atoms with Crippen molar-refractivity contribution >= 4 is 16.9 Å². The van der Waals surface area contributed by atoms with E-state index in [0.717, 1.165) is 22.0 Å². The van der Waals surface area contributed by atoms with Crippen LogP contribution in [-0.4, -0.2) is 18.1 Å². The lowest BCUT2D eigenvalue weighted by atomic mass is 10.0. The van der Waals surface area contributed by atoms with E-state index in [1.807, 2.05) is 38.1 Å². The summed E-state index contributed by atoms with van der Waals surface area (Å²) in [4.78, 5) is 15.9. The van der Waals surface area contributed by atoms with Gasteiger partial charge in [0, 0.05) is 5.39 Å². The molecule has 0 amide bonds. The predicted octanol–water partition coefficient (Wildman–Crippen LogP) is 2.64. The second-order valence-corrected chi connectivity index (χ2v) is 3.72. The van der Waals surface area contributed by atoms with E-state index < -0.39 is 0 Å². The summed E-state index contributed by atoms with van der Waals surface area (Å²) in [5, 5.41) is 1.08. The summed E-state index contributed by atoms with van der Waals surface area (Å²) >= 11 is 0. The van der Waals surface area contributed by atoms with Crippen molar-refractivity contribution in [2.45, 2.75) is 13.8 Å². The number of carbonyl (C=O) groups excluding carboxylic acids is 1. The number of ether oxygens (including phenoxy) is 1. The zero-order valence-electron chi connectivity index (χ0n) is 9.57. The summed E-state index contributed by atoms with van der Waals surface area (Å²) in [5.74, 6) is -0.383. The molecule has 16 heavy (non-hydrogen) atoms. The Morgan fingerprint density at radius 2 is 1.88 bits per heavy atom. The number of aromatic nitrogens is 1. The first-order valence-electron chi connectivity index (χ1n) is 5.09. The van der Waals surface area contributed by atoms with E-state index >= 15 is 0 Å². The van der Waals surface area contributed by atoms with Gasteiger partial charge in [-0.3, -0.25) is 0 Å². The van der Waals surface area contributed by atoms with Crippen LogP contribution in [0.4, 0.5) is 0 Å². The summed E-state index contributed by atoms with van der Waals surface area (Å²) in [5.41, 5.74) is 3.18. The number of nitrogens with zero attached hydrogens (tertiary/aromatic N) is 1. The van der Waals surface area contributed by atoms with Crippen molar-refractivity contribution in [3.05, 3.63) is 41.1 Å². The van der Waals surface area contributed by atoms with E-state index in [2.05, 4.69) is 4.98 Å². The normalized spacial score (nSPS) is 10.4. The molecule has 0 unspecified atom stereocenters. The number of benzene rings is 1. The van der Waals surface area contributed by atoms with Gasteiger partial charge in [0.05, 0.1) is 12.6 Å². The molecule has 0 radical (unpaired) electrons. The Balaban J connectivity index is 2.78. The minimum absolute atomic E-state index is 0.383. The number of esters is 1. The standard InChI is InChI=1S/C13H13NO2/c1-8-9(2)12(13(15)16-3)14-11-7-5-4-6-10(8)11/h4-7H,1-3H3. The molecule has 0 aliphatic carbocycles. The number of hydrogen-bond donors (Lipinski definition) is 0. The quantitative estimate of drug-likeness (QED) is 0.686. The Bertz CT molecular complexity index is 561. The molecule has 0 aliphatic rings. The van der Waals surface area contributed by atoms with Crippen LogP contribution >= 0.6 is 0 Å². The van der Waals surface area contributed by atoms with Gasteiger partial charge in [-0.25, -0.2) is 9.78 Å². The third kappa shape index (κ3) is 1.54. The number of hydrogen-bond acceptors (Lipinski definition) is 3. The fourth-order valence-electron chi connectivity index (χ4n) is 1.77. The van der Waals surface area contributed by atoms with Crippen molar-refractivity contribution < 1.29 is 9.53 Å². The van der Waals surface area contributed by atoms with Gasteiger partial charge in [-0.1, -0.05) is 18.2 Å². The highest BCUT2D eigenvalue weighted by Gasteiger charge is 2.14. The minimum Gasteiger partial charge on any atom is -0.464 e. The zero-order chi connectivity index (χ0) is 11.7. The number of fused-ring (bicyclic) bond motifs is 1. The highest BCUT2D eigenvalue weighted by Crippen LogP contribution is 2.22. The van der Waals surface area contributed by atoms with Gasteiger partial charge < -0.3 is 4.74 Å². The molecular formula is C13H13NO2. The topological polar surface area (TPSA) is 39.2 Å². The summed E-state index contributed by atoms with van der Waals surface area (Å²) < 4.78 is 4.72. The van der Waals surface area contributed by atoms with Crippen LogP contribution in [0, 0.1) is 13.8 Å². The minimum atomic E-state index is -0.383. The van der Waals surface area contributed by atoms with E-state index in [4.69, 9.17) is 4.74 Å². The van der Waals surface area contributed by atoms with Crippen LogP contribution in [0.2, 0.25) is 0 Å². The van der Waals surface area contributed by atoms with Crippen molar-refractivity contribution in [2.24, 2.45) is 0 Å². The monoisotopic (exact) mass is 215 g/mol. The van der Waals surface area contributed by atoms with Gasteiger partial charge in [0.15, 0.2) is 5.69 Å². The van der Waals surface area contributed by atoms with Gasteiger partial charge in [-0.05, 0) is 31.0 Å². The average molecular weight is 215 g/mol. The Kier molecular flexibility index (Phi) is 2.60. The Morgan fingerprint density at radius 1 is 1.19 bits per heavy atom. The second-order valence-electron chi connectivity index (χ2n) is 3.72. The van der Waals surface area contributed by atoms with Gasteiger partial charge in [0.1, 0.15) is 0 Å². The summed E-state index contributed by atoms with van der Waals surface area (Å²) in [7, 11) is 1.37. The fraction of sp³-hybridized carbons (Fsp3) is 0.231. The molecule has 0 spiro atoms. The molecule has 3 nitrogen and oxygen atoms in total. The smallest absolute Gasteiger partial charge is 0.356 e. The van der Waals surface area contributed by atoms with Crippen LogP contribution in [-0.2, 0) is 4.74 Å². The molecule has 0 fully saturated rings. The number of rotatable bonds is 1. The van der Waals surface area contributed by atoms with E-state index in [0.29, 0.717) is 5.69 Å². The van der Waals surface area contributed by atoms with E-state index in [-0.39, 0.29) is 5.97 Å². The maximum Gasteiger partial charge on any atom is 0.356 e. The molecule has 2 aromatic rings. The van der Waals surface area contributed by atoms with Gasteiger partial charge in [-0.2, -0.15) is 0 Å². The van der Waals surface area contributed by atoms with Gasteiger partial charge >= 0.3 is 5.97 Å². The van der Waals surface area contributed by atoms with Crippen LogP contribution in [0.1, 0.15) is 21.6 Å². The third-order valence-electron chi connectivity index (χ3n) is 2.84. The largest absolute Gasteiger partial charge is 0.464 e. The first-order valence-corrected chi connectivity index (χ1v) is 5.09. The van der Waals surface area contributed by atoms with E-state index in [9.17, 15) is 4.79 Å². The van der Waals surface area contributed by atoms with Crippen molar-refractivity contribution in [2.75, 3.05) is 7.11 Å². The van der Waals surface area contributed by atoms with Gasteiger partial charge in [-0.15, -0.1) is 0 Å². The molecule has 2 rings (SSSR count). The van der Waals surface area contributed by atoms with Gasteiger partial charge in [0.2, 0.25) is 0 Å². The van der Waals surface area contributed by atoms with Crippen LogP contribution in [0.25, 0.3) is 10.9 Å². The number of para-hydroxylation sites is 1. The first-order chi connectivity index (χ1) is 7.65. The lowest BCUT2D eigenvalue weighted by Crippen LogP contribution is -2.08. The lowest BCUT2D eigenvalue weighted by molar-refractivity contribution is 0.0593. The van der Waals surface area contributed by atoms with Crippen LogP contribution < -0.4 is 0 Å². The molecule has 1 aromatic carbocycles. The first kappa shape index (κ1) is 10.6. The molecular weight excluding hydrogens is 202 g/mol. The maximum atomic E-state index is 11.5. The van der Waals surface area contributed by atoms with E-state index in [1.165, 1.54) is 7.11 Å². The summed E-state index contributed by atoms with van der Waals surface area (Å²) in [6, 6.07) is 7.78. The maximum absolute atomic E-state index is 11.5. The van der Waals surface area contributed by atoms with Gasteiger partial charge in [0.25, 0.3) is 0 Å². The van der Waals surface area contributed by atoms with E-state index in [1.54, 1.807) is 0 Å². The third-order valence-corrected chi connectivity index (χ3v) is 2.84. The Hall–Kier alpha value is -1.90. The highest BCUT2D eigenvalue weighted by molar-refractivity contribution is 5.94. The molecule has 0 aliphatic heterocycles. The molecule has 3 heteroatoms. The van der Waals surface area contributed by atoms with Crippen LogP contribution in [0.3, 0.4) is 0 Å². The molecule has 0 saturated carbocycles.